The third kappa shape index (κ3) is 3.41. The Morgan fingerprint density at radius 2 is 1.83 bits per heavy atom. The number of carbonyl (C=O) groups excluding carboxylic acids is 3. The molecule has 0 aromatic rings. The summed E-state index contributed by atoms with van der Waals surface area (Å²) in [5, 5.41) is 11.4. The summed E-state index contributed by atoms with van der Waals surface area (Å²) in [4.78, 5) is 36.0. The average molecular weight is 404 g/mol. The summed E-state index contributed by atoms with van der Waals surface area (Å²) >= 11 is 0. The minimum atomic E-state index is -1.68. The van der Waals surface area contributed by atoms with Crippen LogP contribution in [0, 0.1) is 16.7 Å². The molecule has 7 nitrogen and oxygen atoms in total. The van der Waals surface area contributed by atoms with Crippen molar-refractivity contribution in [2.24, 2.45) is 16.7 Å². The van der Waals surface area contributed by atoms with Crippen molar-refractivity contribution in [3.63, 3.8) is 0 Å². The predicted molar refractivity (Wildman–Crippen MR) is 103 cm³/mol. The van der Waals surface area contributed by atoms with Gasteiger partial charge in [0, 0.05) is 29.1 Å². The van der Waals surface area contributed by atoms with E-state index in [0.717, 1.165) is 12.8 Å². The number of ether oxygens (including phenoxy) is 3. The van der Waals surface area contributed by atoms with E-state index in [1.807, 2.05) is 6.92 Å². The number of methoxy groups -OCH3 is 1. The number of carbonyl (C=O) groups is 3. The third-order valence-electron chi connectivity index (χ3n) is 6.71. The highest BCUT2D eigenvalue weighted by atomic mass is 16.6. The van der Waals surface area contributed by atoms with Gasteiger partial charge in [0.1, 0.15) is 12.7 Å². The molecule has 3 rings (SSSR count). The van der Waals surface area contributed by atoms with Crippen molar-refractivity contribution >= 4 is 17.9 Å². The van der Waals surface area contributed by atoms with Gasteiger partial charge in [0.2, 0.25) is 0 Å². The van der Waals surface area contributed by atoms with E-state index >= 15 is 0 Å². The zero-order valence-corrected chi connectivity index (χ0v) is 17.3. The first-order valence-corrected chi connectivity index (χ1v) is 9.80. The second-order valence-electron chi connectivity index (χ2n) is 8.86. The van der Waals surface area contributed by atoms with Crippen LogP contribution >= 0.6 is 0 Å². The van der Waals surface area contributed by atoms with Crippen LogP contribution in [0.15, 0.2) is 36.0 Å². The summed E-state index contributed by atoms with van der Waals surface area (Å²) in [7, 11) is 1.27. The van der Waals surface area contributed by atoms with Gasteiger partial charge in [0.15, 0.2) is 5.60 Å². The van der Waals surface area contributed by atoms with Crippen LogP contribution < -0.4 is 0 Å². The molecule has 0 spiro atoms. The topological polar surface area (TPSA) is 99.1 Å². The molecule has 0 bridgehead atoms. The molecule has 29 heavy (non-hydrogen) atoms. The van der Waals surface area contributed by atoms with Crippen LogP contribution in [-0.4, -0.2) is 48.4 Å². The average Bonchev–Trinajstić information content (AvgIpc) is 2.94. The fourth-order valence-electron chi connectivity index (χ4n) is 5.46. The summed E-state index contributed by atoms with van der Waals surface area (Å²) in [6.45, 7) is 6.05. The number of esters is 3. The second kappa shape index (κ2) is 7.44. The number of aliphatic hydroxyl groups is 1. The van der Waals surface area contributed by atoms with Crippen LogP contribution in [0.2, 0.25) is 0 Å². The lowest BCUT2D eigenvalue weighted by atomic mass is 9.46. The van der Waals surface area contributed by atoms with Crippen molar-refractivity contribution in [3.8, 4) is 0 Å². The maximum Gasteiger partial charge on any atom is 0.343 e. The van der Waals surface area contributed by atoms with Crippen LogP contribution in [0.5, 0.6) is 0 Å². The summed E-state index contributed by atoms with van der Waals surface area (Å²) in [5.41, 5.74) is -2.28. The molecule has 0 radical (unpaired) electrons. The van der Waals surface area contributed by atoms with E-state index in [0.29, 0.717) is 12.0 Å². The molecular formula is C22H28O7. The van der Waals surface area contributed by atoms with Crippen molar-refractivity contribution in [3.05, 3.63) is 36.0 Å². The second-order valence-corrected chi connectivity index (χ2v) is 8.86. The van der Waals surface area contributed by atoms with E-state index in [-0.39, 0.29) is 17.9 Å². The van der Waals surface area contributed by atoms with Gasteiger partial charge in [-0.2, -0.15) is 0 Å². The maximum atomic E-state index is 12.5. The highest BCUT2D eigenvalue weighted by molar-refractivity contribution is 5.89. The molecule has 2 aliphatic carbocycles. The van der Waals surface area contributed by atoms with Crippen LogP contribution in [0.4, 0.5) is 0 Å². The predicted octanol–water partition coefficient (Wildman–Crippen LogP) is 2.24. The number of hydrogen-bond acceptors (Lipinski definition) is 7. The van der Waals surface area contributed by atoms with Crippen LogP contribution in [0.3, 0.4) is 0 Å². The van der Waals surface area contributed by atoms with Gasteiger partial charge in [-0.05, 0) is 24.3 Å². The smallest absolute Gasteiger partial charge is 0.343 e. The minimum absolute atomic E-state index is 0.00380. The maximum absolute atomic E-state index is 12.5. The van der Waals surface area contributed by atoms with Gasteiger partial charge >= 0.3 is 17.9 Å². The highest BCUT2D eigenvalue weighted by Gasteiger charge is 2.69. The normalized spacial score (nSPS) is 35.6. The Morgan fingerprint density at radius 1 is 1.17 bits per heavy atom. The van der Waals surface area contributed by atoms with Crippen molar-refractivity contribution in [1.29, 1.82) is 0 Å². The first-order chi connectivity index (χ1) is 13.6. The van der Waals surface area contributed by atoms with Gasteiger partial charge in [-0.25, -0.2) is 14.4 Å². The lowest BCUT2D eigenvalue weighted by Gasteiger charge is -2.59. The quantitative estimate of drug-likeness (QED) is 0.252. The van der Waals surface area contributed by atoms with Gasteiger partial charge in [-0.3, -0.25) is 0 Å². The SMILES string of the molecule is COC(=O)/C=C/C=C/C(=O)O[C@@H]1C=C2COC(=O)[C@]2(O)[C@]2(C)CCCC(C)(C)[C@H]12. The van der Waals surface area contributed by atoms with Crippen molar-refractivity contribution < 1.29 is 33.7 Å². The monoisotopic (exact) mass is 404 g/mol. The first-order valence-electron chi connectivity index (χ1n) is 9.80. The van der Waals surface area contributed by atoms with E-state index in [1.54, 1.807) is 6.08 Å². The third-order valence-corrected chi connectivity index (χ3v) is 6.71. The Morgan fingerprint density at radius 3 is 2.48 bits per heavy atom. The van der Waals surface area contributed by atoms with Crippen LogP contribution in [-0.2, 0) is 28.6 Å². The zero-order chi connectivity index (χ0) is 21.4. The molecule has 3 aliphatic rings. The van der Waals surface area contributed by atoms with Crippen molar-refractivity contribution in [1.82, 2.24) is 0 Å². The molecule has 0 unspecified atom stereocenters. The standard InChI is InChI=1S/C22H28O7/c1-20(2)10-7-11-21(3)18(20)15(12-14-13-28-19(25)22(14,21)26)29-17(24)9-6-5-8-16(23)27-4/h5-6,8-9,12,15,18,26H,7,10-11,13H2,1-4H3/b8-5+,9-6+/t15-,18+,21-,22+/m1/s1. The summed E-state index contributed by atoms with van der Waals surface area (Å²) in [5.74, 6) is -1.97. The van der Waals surface area contributed by atoms with E-state index in [1.165, 1.54) is 31.4 Å². The number of rotatable bonds is 4. The fraction of sp³-hybridized carbons (Fsp3) is 0.591. The van der Waals surface area contributed by atoms with E-state index in [4.69, 9.17) is 9.47 Å². The summed E-state index contributed by atoms with van der Waals surface area (Å²) in [6.07, 6.45) is 8.69. The zero-order valence-electron chi connectivity index (χ0n) is 17.3. The molecule has 158 valence electrons. The summed E-state index contributed by atoms with van der Waals surface area (Å²) in [6, 6.07) is 0. The Balaban J connectivity index is 1.90. The summed E-state index contributed by atoms with van der Waals surface area (Å²) < 4.78 is 15.4. The Kier molecular flexibility index (Phi) is 5.47. The highest BCUT2D eigenvalue weighted by Crippen LogP contribution is 2.63. The number of fused-ring (bicyclic) bond motifs is 3. The number of allylic oxidation sites excluding steroid dienone is 2. The van der Waals surface area contributed by atoms with Crippen molar-refractivity contribution in [2.45, 2.75) is 51.7 Å². The van der Waals surface area contributed by atoms with Gasteiger partial charge in [0.05, 0.1) is 7.11 Å². The molecule has 4 atom stereocenters. The fourth-order valence-corrected chi connectivity index (χ4v) is 5.46. The van der Waals surface area contributed by atoms with Gasteiger partial charge < -0.3 is 19.3 Å². The Bertz CT molecular complexity index is 806. The molecular weight excluding hydrogens is 376 g/mol. The first kappa shape index (κ1) is 21.3. The van der Waals surface area contributed by atoms with Crippen molar-refractivity contribution in [2.75, 3.05) is 13.7 Å². The van der Waals surface area contributed by atoms with Crippen LogP contribution in [0.25, 0.3) is 0 Å². The lowest BCUT2D eigenvalue weighted by molar-refractivity contribution is -0.194. The molecule has 1 N–H and O–H groups in total. The number of cyclic esters (lactones) is 1. The minimum Gasteiger partial charge on any atom is -0.466 e. The Hall–Kier alpha value is -2.41. The molecule has 0 amide bonds. The number of hydrogen-bond donors (Lipinski definition) is 1. The van der Waals surface area contributed by atoms with Crippen LogP contribution in [0.1, 0.15) is 40.0 Å². The van der Waals surface area contributed by atoms with Gasteiger partial charge in [-0.1, -0.05) is 39.3 Å². The van der Waals surface area contributed by atoms with Gasteiger partial charge in [0.25, 0.3) is 0 Å². The van der Waals surface area contributed by atoms with Gasteiger partial charge in [-0.15, -0.1) is 0 Å². The molecule has 1 aliphatic heterocycles. The largest absolute Gasteiger partial charge is 0.466 e. The van der Waals surface area contributed by atoms with E-state index < -0.39 is 35.0 Å². The molecule has 0 aromatic heterocycles. The molecule has 0 aromatic carbocycles. The molecule has 1 saturated carbocycles. The Labute approximate surface area is 170 Å². The molecule has 2 fully saturated rings. The van der Waals surface area contributed by atoms with E-state index in [2.05, 4.69) is 18.6 Å². The molecule has 1 saturated heterocycles. The lowest BCUT2D eigenvalue weighted by Crippen LogP contribution is -2.65. The molecule has 1 heterocycles. The molecule has 7 heteroatoms. The van der Waals surface area contributed by atoms with E-state index in [9.17, 15) is 19.5 Å².